The van der Waals surface area contributed by atoms with E-state index in [0.717, 1.165) is 18.1 Å². The molecular weight excluding hydrogens is 80.2 g/mol. The zero-order chi connectivity index (χ0) is 2.83. The van der Waals surface area contributed by atoms with Gasteiger partial charge in [0.1, 0.15) is 18.1 Å². The first kappa shape index (κ1) is 2.24. The van der Waals surface area contributed by atoms with Gasteiger partial charge < -0.3 is 0 Å². The Morgan fingerprint density at radius 2 is 1.25 bits per heavy atom. The van der Waals surface area contributed by atoms with Crippen LogP contribution in [-0.4, -0.2) is 18.1 Å². The molecule has 1 heterocycles. The van der Waals surface area contributed by atoms with Crippen molar-refractivity contribution < 1.29 is 0 Å². The summed E-state index contributed by atoms with van der Waals surface area (Å²) in [5, 5.41) is 0. The maximum absolute atomic E-state index is 2.90. The van der Waals surface area contributed by atoms with Crippen LogP contribution >= 0.6 is 0 Å². The van der Waals surface area contributed by atoms with Gasteiger partial charge >= 0.3 is 0 Å². The molecule has 0 aromatic rings. The third-order valence-electron chi connectivity index (χ3n) is 0.250. The highest BCUT2D eigenvalue weighted by Crippen LogP contribution is 1.60. The minimum absolute atomic E-state index is 0.988. The average Bonchev–Trinajstić information content (AvgIpc) is 0.722. The molecule has 0 saturated heterocycles. The fourth-order valence-electron chi connectivity index (χ4n) is 0.0625. The lowest BCUT2D eigenvalue weighted by atomic mass is 11.4. The monoisotopic (exact) mass is 80.0 g/mol. The highest BCUT2D eigenvalue weighted by molar-refractivity contribution is 7.13. The summed E-state index contributed by atoms with van der Waals surface area (Å²) in [6.07, 6.45) is 0. The summed E-state index contributed by atoms with van der Waals surface area (Å²) in [7, 11) is 1.98. The molecule has 4 heavy (non-hydrogen) atoms. The maximum Gasteiger partial charge on any atom is 0.146 e. The Hall–Kier alpha value is -0.00623. The fraction of sp³-hybridized carbons (Fsp3) is 0. The van der Waals surface area contributed by atoms with Crippen molar-refractivity contribution in [3.63, 3.8) is 0 Å². The first-order chi connectivity index (χ1) is 2.00. The van der Waals surface area contributed by atoms with E-state index in [2.05, 4.69) is 11.1 Å². The Kier molecular flexibility index (Phi) is 0.419. The van der Waals surface area contributed by atoms with Crippen molar-refractivity contribution in [1.29, 1.82) is 0 Å². The van der Waals surface area contributed by atoms with Crippen molar-refractivity contribution in [2.24, 2.45) is 0 Å². The number of hydrogen-bond acceptors (Lipinski definition) is 0. The molecule has 0 N–H and O–H groups in total. The molecule has 1 rings (SSSR count). The van der Waals surface area contributed by atoms with Gasteiger partial charge in [-0.25, -0.2) is 0 Å². The smallest absolute Gasteiger partial charge is 0.146 e. The molecule has 16 valence electrons. The lowest BCUT2D eigenvalue weighted by Crippen LogP contribution is -2.06. The van der Waals surface area contributed by atoms with E-state index >= 15 is 0 Å². The van der Waals surface area contributed by atoms with Crippen LogP contribution in [0.1, 0.15) is 0 Å². The van der Waals surface area contributed by atoms with E-state index in [1.54, 1.807) is 0 Å². The summed E-state index contributed by atoms with van der Waals surface area (Å²) >= 11 is 0. The first-order valence-corrected chi connectivity index (χ1v) is 4.00. The highest BCUT2D eigenvalue weighted by atomic mass is 29.1. The molecule has 0 nitrogen and oxygen atoms in total. The molecule has 0 fully saturated rings. The maximum atomic E-state index is 2.90. The van der Waals surface area contributed by atoms with Gasteiger partial charge in [0.05, 0.1) is 0 Å². The summed E-state index contributed by atoms with van der Waals surface area (Å²) < 4.78 is 0. The second kappa shape index (κ2) is 0.746. The minimum Gasteiger partial charge on any atom is -0.146 e. The van der Waals surface area contributed by atoms with Crippen molar-refractivity contribution in [2.75, 3.05) is 0 Å². The van der Waals surface area contributed by atoms with E-state index in [-0.39, 0.29) is 0 Å². The van der Waals surface area contributed by atoms with Crippen LogP contribution < -0.4 is 0 Å². The van der Waals surface area contributed by atoms with Gasteiger partial charge in [0.2, 0.25) is 0 Å². The third-order valence-corrected chi connectivity index (χ3v) is 2.25. The summed E-state index contributed by atoms with van der Waals surface area (Å²) in [6.45, 7) is 0. The van der Waals surface area contributed by atoms with Gasteiger partial charge in [-0.05, 0) is 0 Å². The van der Waals surface area contributed by atoms with Crippen LogP contribution in [0.25, 0.3) is 0 Å². The standard InChI is InChI=1S/C2Si2/c1-2-4-3-1. The predicted octanol–water partition coefficient (Wildman–Crippen LogP) is -0.758. The van der Waals surface area contributed by atoms with Gasteiger partial charge in [-0.1, -0.05) is 0 Å². The number of rotatable bonds is 0. The van der Waals surface area contributed by atoms with E-state index in [1.165, 1.54) is 0 Å². The normalized spacial score (nSPS) is 16.0. The SMILES string of the molecule is C1#C[Si][Si]1. The minimum atomic E-state index is 0.988. The zero-order valence-electron chi connectivity index (χ0n) is 2.00. The molecule has 2 heteroatoms. The molecule has 1 aliphatic heterocycles. The van der Waals surface area contributed by atoms with Gasteiger partial charge in [-0.2, -0.15) is 0 Å². The van der Waals surface area contributed by atoms with Gasteiger partial charge in [0, 0.05) is 0 Å². The fourth-order valence-corrected chi connectivity index (χ4v) is 0.562. The van der Waals surface area contributed by atoms with E-state index < -0.39 is 0 Å². The molecule has 0 unspecified atom stereocenters. The van der Waals surface area contributed by atoms with Crippen LogP contribution in [0, 0.1) is 11.1 Å². The van der Waals surface area contributed by atoms with E-state index in [4.69, 9.17) is 0 Å². The van der Waals surface area contributed by atoms with E-state index in [1.807, 2.05) is 0 Å². The molecule has 0 bridgehead atoms. The summed E-state index contributed by atoms with van der Waals surface area (Å²) in [5.74, 6) is 0. The predicted molar refractivity (Wildman–Crippen MR) is 19.3 cm³/mol. The topological polar surface area (TPSA) is 0 Å². The van der Waals surface area contributed by atoms with Crippen LogP contribution in [0.5, 0.6) is 0 Å². The highest BCUT2D eigenvalue weighted by Gasteiger charge is 1.85. The number of hydrogen-bond donors (Lipinski definition) is 0. The van der Waals surface area contributed by atoms with Crippen LogP contribution in [0.3, 0.4) is 0 Å². The van der Waals surface area contributed by atoms with Gasteiger partial charge in [0.25, 0.3) is 0 Å². The largest absolute Gasteiger partial charge is 0.146 e. The van der Waals surface area contributed by atoms with Crippen LogP contribution in [-0.2, 0) is 0 Å². The molecule has 0 aromatic carbocycles. The van der Waals surface area contributed by atoms with Gasteiger partial charge in [-0.3, -0.25) is 0 Å². The van der Waals surface area contributed by atoms with Crippen LogP contribution in [0.15, 0.2) is 0 Å². The Bertz CT molecular complexity index is 57.8. The van der Waals surface area contributed by atoms with Crippen molar-refractivity contribution in [3.8, 4) is 11.1 Å². The lowest BCUT2D eigenvalue weighted by molar-refractivity contribution is 2.80. The molecule has 0 spiro atoms. The Labute approximate surface area is 30.0 Å². The average molecular weight is 80.2 g/mol. The molecule has 4 radical (unpaired) electrons. The quantitative estimate of drug-likeness (QED) is 0.265. The first-order valence-electron chi connectivity index (χ1n) is 1.00. The van der Waals surface area contributed by atoms with Crippen molar-refractivity contribution >= 4 is 18.1 Å². The van der Waals surface area contributed by atoms with Gasteiger partial charge in [-0.15, -0.1) is 11.1 Å². The molecule has 0 amide bonds. The molecule has 0 saturated carbocycles. The molecule has 0 aromatic heterocycles. The second-order valence-corrected chi connectivity index (χ2v) is 3.00. The lowest BCUT2D eigenvalue weighted by Gasteiger charge is -1.79. The molecule has 1 aliphatic rings. The van der Waals surface area contributed by atoms with Crippen molar-refractivity contribution in [1.82, 2.24) is 0 Å². The summed E-state index contributed by atoms with van der Waals surface area (Å²) in [5.41, 5.74) is 5.80. The summed E-state index contributed by atoms with van der Waals surface area (Å²) in [4.78, 5) is 0. The van der Waals surface area contributed by atoms with Crippen LogP contribution in [0.2, 0.25) is 0 Å². The molecular formula is C2Si2. The Morgan fingerprint density at radius 3 is 1.25 bits per heavy atom. The zero-order valence-corrected chi connectivity index (χ0v) is 4.00. The van der Waals surface area contributed by atoms with Crippen molar-refractivity contribution in [3.05, 3.63) is 0 Å². The second-order valence-electron chi connectivity index (χ2n) is 0.500. The van der Waals surface area contributed by atoms with E-state index in [9.17, 15) is 0 Å². The van der Waals surface area contributed by atoms with E-state index in [0.29, 0.717) is 0 Å². The Balaban J connectivity index is 2.69. The van der Waals surface area contributed by atoms with Gasteiger partial charge in [0.15, 0.2) is 0 Å². The van der Waals surface area contributed by atoms with Crippen LogP contribution in [0.4, 0.5) is 0 Å². The molecule has 0 atom stereocenters. The third kappa shape index (κ3) is 0.123. The summed E-state index contributed by atoms with van der Waals surface area (Å²) in [6, 6.07) is 0. The Morgan fingerprint density at radius 1 is 1.00 bits per heavy atom. The molecule has 0 aliphatic carbocycles. The van der Waals surface area contributed by atoms with Crippen molar-refractivity contribution in [2.45, 2.75) is 0 Å².